The fourth-order valence-electron chi connectivity index (χ4n) is 3.22. The molecule has 0 unspecified atom stereocenters. The molecule has 0 amide bonds. The van der Waals surface area contributed by atoms with E-state index in [-0.39, 0.29) is 17.1 Å². The fourth-order valence-corrected chi connectivity index (χ4v) is 3.22. The van der Waals surface area contributed by atoms with Crippen molar-refractivity contribution < 1.29 is 24.2 Å². The van der Waals surface area contributed by atoms with E-state index in [1.54, 1.807) is 12.1 Å². The molecule has 0 N–H and O–H groups in total. The third kappa shape index (κ3) is 3.00. The molecule has 0 fully saturated rings. The van der Waals surface area contributed by atoms with Gasteiger partial charge in [0.25, 0.3) is 11.4 Å². The van der Waals surface area contributed by atoms with Crippen LogP contribution in [0.3, 0.4) is 0 Å². The molecule has 29 heavy (non-hydrogen) atoms. The number of ketones is 1. The van der Waals surface area contributed by atoms with Crippen LogP contribution in [0.15, 0.2) is 54.6 Å². The largest absolute Gasteiger partial charge is 0.422 e. The molecule has 0 aromatic heterocycles. The molecule has 0 bridgehead atoms. The molecule has 0 saturated carbocycles. The Balaban J connectivity index is 1.79. The lowest BCUT2D eigenvalue weighted by Crippen LogP contribution is -2.14. The van der Waals surface area contributed by atoms with E-state index in [0.717, 1.165) is 23.1 Å². The third-order valence-corrected chi connectivity index (χ3v) is 4.51. The van der Waals surface area contributed by atoms with E-state index in [1.165, 1.54) is 12.1 Å². The quantitative estimate of drug-likeness (QED) is 0.284. The van der Waals surface area contributed by atoms with Crippen molar-refractivity contribution in [3.63, 3.8) is 0 Å². The van der Waals surface area contributed by atoms with Gasteiger partial charge in [-0.2, -0.15) is 0 Å². The third-order valence-electron chi connectivity index (χ3n) is 4.51. The van der Waals surface area contributed by atoms with Gasteiger partial charge in [-0.15, -0.1) is 0 Å². The van der Waals surface area contributed by atoms with Crippen LogP contribution in [0.5, 0.6) is 5.75 Å². The molecule has 1 aliphatic rings. The smallest absolute Gasteiger partial charge is 0.350 e. The number of allylic oxidation sites excluding steroid dienone is 1. The summed E-state index contributed by atoms with van der Waals surface area (Å²) in [6, 6.07) is 11.2. The number of ether oxygens (including phenoxy) is 1. The van der Waals surface area contributed by atoms with Crippen LogP contribution >= 0.6 is 0 Å². The van der Waals surface area contributed by atoms with Crippen molar-refractivity contribution in [1.82, 2.24) is 0 Å². The maximum absolute atomic E-state index is 12.6. The van der Waals surface area contributed by atoms with E-state index < -0.39 is 32.8 Å². The Morgan fingerprint density at radius 3 is 2.45 bits per heavy atom. The summed E-state index contributed by atoms with van der Waals surface area (Å²) in [4.78, 5) is 45.5. The minimum absolute atomic E-state index is 0.0445. The van der Waals surface area contributed by atoms with Gasteiger partial charge in [0.15, 0.2) is 5.78 Å². The molecule has 0 heterocycles. The number of hydrogen-bond donors (Lipinski definition) is 0. The van der Waals surface area contributed by atoms with E-state index in [2.05, 4.69) is 0 Å². The Bertz CT molecular complexity index is 1280. The van der Waals surface area contributed by atoms with E-state index in [0.29, 0.717) is 11.5 Å². The van der Waals surface area contributed by atoms with Gasteiger partial charge in [-0.3, -0.25) is 25.0 Å². The van der Waals surface area contributed by atoms with Crippen molar-refractivity contribution >= 4 is 40.0 Å². The fraction of sp³-hybridized carbons (Fsp3) is 0. The maximum atomic E-state index is 12.6. The zero-order chi connectivity index (χ0) is 20.7. The van der Waals surface area contributed by atoms with Crippen molar-refractivity contribution in [2.45, 2.75) is 0 Å². The summed E-state index contributed by atoms with van der Waals surface area (Å²) in [7, 11) is 0. The lowest BCUT2D eigenvalue weighted by Gasteiger charge is -2.15. The Hall–Kier alpha value is -4.40. The summed E-state index contributed by atoms with van der Waals surface area (Å²) in [5, 5.41) is 23.5. The summed E-state index contributed by atoms with van der Waals surface area (Å²) >= 11 is 0. The highest BCUT2D eigenvalue weighted by Gasteiger charge is 2.27. The number of non-ortho nitro benzene ring substituents is 1. The number of nitrogens with zero attached hydrogens (tertiary/aromatic N) is 2. The van der Waals surface area contributed by atoms with Gasteiger partial charge >= 0.3 is 5.97 Å². The number of rotatable bonds is 4. The Morgan fingerprint density at radius 2 is 1.72 bits per heavy atom. The topological polar surface area (TPSA) is 130 Å². The first-order chi connectivity index (χ1) is 13.9. The molecule has 9 heteroatoms. The van der Waals surface area contributed by atoms with Crippen LogP contribution in [0.4, 0.5) is 11.4 Å². The molecule has 142 valence electrons. The SMILES string of the molecule is O=C(Oc1ccc2cccc3c2c1C(=O)C=C3)c1ccc([N+](=O)[O-])cc1[N+](=O)[O-]. The second-order valence-electron chi connectivity index (χ2n) is 6.19. The number of esters is 1. The summed E-state index contributed by atoms with van der Waals surface area (Å²) in [6.07, 6.45) is 3.01. The average molecular weight is 390 g/mol. The maximum Gasteiger partial charge on any atom is 0.350 e. The van der Waals surface area contributed by atoms with Crippen LogP contribution in [-0.2, 0) is 0 Å². The van der Waals surface area contributed by atoms with E-state index in [1.807, 2.05) is 18.2 Å². The van der Waals surface area contributed by atoms with Crippen molar-refractivity contribution in [2.75, 3.05) is 0 Å². The second-order valence-corrected chi connectivity index (χ2v) is 6.19. The summed E-state index contributed by atoms with van der Waals surface area (Å²) < 4.78 is 5.31. The van der Waals surface area contributed by atoms with Gasteiger partial charge in [0.2, 0.25) is 0 Å². The average Bonchev–Trinajstić information content (AvgIpc) is 2.71. The molecule has 0 spiro atoms. The minimum Gasteiger partial charge on any atom is -0.422 e. The lowest BCUT2D eigenvalue weighted by atomic mass is 9.91. The molecule has 9 nitrogen and oxygen atoms in total. The van der Waals surface area contributed by atoms with Crippen LogP contribution in [0.25, 0.3) is 16.8 Å². The van der Waals surface area contributed by atoms with Gasteiger partial charge in [0.05, 0.1) is 21.5 Å². The van der Waals surface area contributed by atoms with Crippen molar-refractivity contribution in [2.24, 2.45) is 0 Å². The highest BCUT2D eigenvalue weighted by molar-refractivity contribution is 6.21. The van der Waals surface area contributed by atoms with Gasteiger partial charge in [0.1, 0.15) is 11.3 Å². The monoisotopic (exact) mass is 390 g/mol. The van der Waals surface area contributed by atoms with Crippen LogP contribution in [0, 0.1) is 20.2 Å². The Labute approximate surface area is 162 Å². The van der Waals surface area contributed by atoms with Crippen LogP contribution in [0.2, 0.25) is 0 Å². The second kappa shape index (κ2) is 6.64. The number of benzene rings is 3. The summed E-state index contributed by atoms with van der Waals surface area (Å²) in [6.45, 7) is 0. The summed E-state index contributed by atoms with van der Waals surface area (Å²) in [5.41, 5.74) is -0.792. The highest BCUT2D eigenvalue weighted by Crippen LogP contribution is 2.35. The number of nitro groups is 2. The molecular formula is C20H10N2O7. The number of nitro benzene ring substituents is 2. The number of carbonyl (C=O) groups is 2. The molecule has 0 atom stereocenters. The predicted molar refractivity (Wildman–Crippen MR) is 102 cm³/mol. The molecule has 3 aromatic rings. The molecule has 1 aliphatic carbocycles. The van der Waals surface area contributed by atoms with Gasteiger partial charge in [-0.25, -0.2) is 4.79 Å². The molecule has 0 radical (unpaired) electrons. The first-order valence-corrected chi connectivity index (χ1v) is 8.30. The van der Waals surface area contributed by atoms with E-state index >= 15 is 0 Å². The number of carbonyl (C=O) groups excluding carboxylic acids is 2. The molecular weight excluding hydrogens is 380 g/mol. The zero-order valence-corrected chi connectivity index (χ0v) is 14.5. The molecule has 0 saturated heterocycles. The van der Waals surface area contributed by atoms with Crippen LogP contribution in [-0.4, -0.2) is 21.6 Å². The Morgan fingerprint density at radius 1 is 0.931 bits per heavy atom. The van der Waals surface area contributed by atoms with E-state index in [9.17, 15) is 29.8 Å². The van der Waals surface area contributed by atoms with Gasteiger partial charge in [-0.1, -0.05) is 30.3 Å². The first-order valence-electron chi connectivity index (χ1n) is 8.30. The lowest BCUT2D eigenvalue weighted by molar-refractivity contribution is -0.394. The normalized spacial score (nSPS) is 12.1. The Kier molecular flexibility index (Phi) is 4.12. The molecule has 4 rings (SSSR count). The highest BCUT2D eigenvalue weighted by atomic mass is 16.6. The number of hydrogen-bond acceptors (Lipinski definition) is 7. The van der Waals surface area contributed by atoms with Gasteiger partial charge in [0, 0.05) is 11.5 Å². The van der Waals surface area contributed by atoms with Crippen LogP contribution in [0.1, 0.15) is 26.3 Å². The predicted octanol–water partition coefficient (Wildman–Crippen LogP) is 4.08. The van der Waals surface area contributed by atoms with Crippen LogP contribution < -0.4 is 4.74 Å². The van der Waals surface area contributed by atoms with Crippen molar-refractivity contribution in [1.29, 1.82) is 0 Å². The molecule has 0 aliphatic heterocycles. The van der Waals surface area contributed by atoms with Crippen molar-refractivity contribution in [3.8, 4) is 5.75 Å². The van der Waals surface area contributed by atoms with E-state index in [4.69, 9.17) is 4.74 Å². The van der Waals surface area contributed by atoms with Crippen molar-refractivity contribution in [3.05, 3.63) is 91.5 Å². The minimum atomic E-state index is -1.10. The first kappa shape index (κ1) is 18.0. The zero-order valence-electron chi connectivity index (χ0n) is 14.5. The standard InChI is InChI=1S/C20H10N2O7/c23-16-8-4-11-2-1-3-12-5-9-17(19(16)18(11)12)29-20(24)14-7-6-13(21(25)26)10-15(14)22(27)28/h1-10H. The van der Waals surface area contributed by atoms with Gasteiger partial charge < -0.3 is 4.74 Å². The van der Waals surface area contributed by atoms with Gasteiger partial charge in [-0.05, 0) is 29.2 Å². The summed E-state index contributed by atoms with van der Waals surface area (Å²) in [5.74, 6) is -1.51. The molecule has 3 aromatic carbocycles.